The van der Waals surface area contributed by atoms with Crippen LogP contribution >= 0.6 is 0 Å². The molecule has 0 saturated carbocycles. The lowest BCUT2D eigenvalue weighted by atomic mass is 10.2. The van der Waals surface area contributed by atoms with Gasteiger partial charge in [0, 0.05) is 5.70 Å². The van der Waals surface area contributed by atoms with Crippen LogP contribution in [0.4, 0.5) is 0 Å². The first-order chi connectivity index (χ1) is 5.70. The molecular weight excluding hydrogens is 154 g/mol. The number of allylic oxidation sites excluding steroid dienone is 1. The second-order valence-corrected chi connectivity index (χ2v) is 2.64. The Hall–Kier alpha value is -0.990. The van der Waals surface area contributed by atoms with E-state index in [-0.39, 0.29) is 12.5 Å². The predicted octanol–water partition coefficient (Wildman–Crippen LogP) is 1.45. The molecule has 0 aliphatic heterocycles. The van der Waals surface area contributed by atoms with Crippen LogP contribution in [0.1, 0.15) is 26.2 Å². The highest BCUT2D eigenvalue weighted by Crippen LogP contribution is 2.00. The van der Waals surface area contributed by atoms with E-state index >= 15 is 0 Å². The Bertz CT molecular complexity index is 155. The molecule has 0 aliphatic carbocycles. The minimum Gasteiger partial charge on any atom is -0.468 e. The van der Waals surface area contributed by atoms with E-state index in [4.69, 9.17) is 0 Å². The van der Waals surface area contributed by atoms with Crippen molar-refractivity contribution < 1.29 is 9.53 Å². The molecule has 0 aromatic heterocycles. The third kappa shape index (κ3) is 5.77. The van der Waals surface area contributed by atoms with Crippen molar-refractivity contribution in [2.24, 2.45) is 0 Å². The van der Waals surface area contributed by atoms with E-state index in [0.29, 0.717) is 0 Å². The van der Waals surface area contributed by atoms with Gasteiger partial charge in [-0.1, -0.05) is 19.9 Å². The molecule has 0 aromatic carbocycles. The van der Waals surface area contributed by atoms with Gasteiger partial charge in [-0.15, -0.1) is 0 Å². The lowest BCUT2D eigenvalue weighted by Gasteiger charge is -2.06. The van der Waals surface area contributed by atoms with Gasteiger partial charge in [0.2, 0.25) is 0 Å². The van der Waals surface area contributed by atoms with E-state index in [1.165, 1.54) is 7.11 Å². The van der Waals surface area contributed by atoms with Gasteiger partial charge in [0.1, 0.15) is 6.54 Å². The molecule has 0 saturated heterocycles. The van der Waals surface area contributed by atoms with Crippen LogP contribution in [0.25, 0.3) is 0 Å². The molecule has 0 fully saturated rings. The lowest BCUT2D eigenvalue weighted by molar-refractivity contribution is -0.139. The van der Waals surface area contributed by atoms with Crippen molar-refractivity contribution in [3.63, 3.8) is 0 Å². The average molecular weight is 171 g/mol. The summed E-state index contributed by atoms with van der Waals surface area (Å²) in [4.78, 5) is 10.7. The summed E-state index contributed by atoms with van der Waals surface area (Å²) in [6.07, 6.45) is 3.17. The van der Waals surface area contributed by atoms with Gasteiger partial charge in [-0.05, 0) is 12.8 Å². The van der Waals surface area contributed by atoms with E-state index in [1.807, 2.05) is 0 Å². The molecule has 0 heterocycles. The number of ether oxygens (including phenoxy) is 1. The number of hydrogen-bond donors (Lipinski definition) is 1. The Balaban J connectivity index is 3.37. The van der Waals surface area contributed by atoms with E-state index < -0.39 is 0 Å². The molecule has 0 spiro atoms. The Morgan fingerprint density at radius 2 is 2.25 bits per heavy atom. The number of esters is 1. The van der Waals surface area contributed by atoms with Gasteiger partial charge in [0.25, 0.3) is 0 Å². The molecule has 3 nitrogen and oxygen atoms in total. The first kappa shape index (κ1) is 11.0. The van der Waals surface area contributed by atoms with Crippen molar-refractivity contribution in [2.75, 3.05) is 13.7 Å². The summed E-state index contributed by atoms with van der Waals surface area (Å²) in [6, 6.07) is 0. The molecule has 0 rings (SSSR count). The summed E-state index contributed by atoms with van der Waals surface area (Å²) < 4.78 is 4.46. The topological polar surface area (TPSA) is 38.3 Å². The van der Waals surface area contributed by atoms with Crippen LogP contribution in [0.3, 0.4) is 0 Å². The first-order valence-corrected chi connectivity index (χ1v) is 4.19. The quantitative estimate of drug-likeness (QED) is 0.615. The van der Waals surface area contributed by atoms with Gasteiger partial charge in [-0.3, -0.25) is 4.79 Å². The van der Waals surface area contributed by atoms with Crippen molar-refractivity contribution in [3.8, 4) is 0 Å². The number of carbonyl (C=O) groups is 1. The molecule has 0 aliphatic rings. The van der Waals surface area contributed by atoms with Gasteiger partial charge in [0.05, 0.1) is 7.11 Å². The Kier molecular flexibility index (Phi) is 6.15. The van der Waals surface area contributed by atoms with Crippen LogP contribution in [0.5, 0.6) is 0 Å². The standard InChI is InChI=1S/C9H17NO2/c1-4-5-6-8(2)10-7-9(11)12-3/h10H,2,4-7H2,1,3H3. The fourth-order valence-electron chi connectivity index (χ4n) is 0.748. The van der Waals surface area contributed by atoms with Gasteiger partial charge in [-0.25, -0.2) is 0 Å². The molecule has 0 unspecified atom stereocenters. The van der Waals surface area contributed by atoms with E-state index in [2.05, 4.69) is 23.6 Å². The summed E-state index contributed by atoms with van der Waals surface area (Å²) in [5.41, 5.74) is 0.905. The Morgan fingerprint density at radius 3 is 2.75 bits per heavy atom. The van der Waals surface area contributed by atoms with Crippen LogP contribution in [0.2, 0.25) is 0 Å². The highest BCUT2D eigenvalue weighted by Gasteiger charge is 1.99. The molecule has 0 atom stereocenters. The highest BCUT2D eigenvalue weighted by molar-refractivity contribution is 5.71. The second-order valence-electron chi connectivity index (χ2n) is 2.64. The molecule has 3 heteroatoms. The number of unbranched alkanes of at least 4 members (excludes halogenated alkanes) is 1. The lowest BCUT2D eigenvalue weighted by Crippen LogP contribution is -2.22. The summed E-state index contributed by atoms with van der Waals surface area (Å²) in [5, 5.41) is 2.90. The number of methoxy groups -OCH3 is 1. The average Bonchev–Trinajstić information content (AvgIpc) is 2.10. The SMILES string of the molecule is C=C(CCCC)NCC(=O)OC. The van der Waals surface area contributed by atoms with Crippen molar-refractivity contribution in [1.29, 1.82) is 0 Å². The molecule has 0 amide bonds. The maximum absolute atomic E-state index is 10.7. The number of nitrogens with one attached hydrogen (secondary N) is 1. The number of rotatable bonds is 6. The van der Waals surface area contributed by atoms with E-state index in [1.54, 1.807) is 0 Å². The third-order valence-corrected chi connectivity index (χ3v) is 1.54. The van der Waals surface area contributed by atoms with Crippen molar-refractivity contribution in [3.05, 3.63) is 12.3 Å². The van der Waals surface area contributed by atoms with Gasteiger partial charge < -0.3 is 10.1 Å². The van der Waals surface area contributed by atoms with Gasteiger partial charge in [-0.2, -0.15) is 0 Å². The van der Waals surface area contributed by atoms with Crippen LogP contribution < -0.4 is 5.32 Å². The molecular formula is C9H17NO2. The van der Waals surface area contributed by atoms with E-state index in [9.17, 15) is 4.79 Å². The minimum absolute atomic E-state index is 0.221. The predicted molar refractivity (Wildman–Crippen MR) is 48.7 cm³/mol. The normalized spacial score (nSPS) is 9.17. The maximum Gasteiger partial charge on any atom is 0.325 e. The molecule has 70 valence electrons. The fourth-order valence-corrected chi connectivity index (χ4v) is 0.748. The van der Waals surface area contributed by atoms with Crippen molar-refractivity contribution >= 4 is 5.97 Å². The Labute approximate surface area is 73.8 Å². The summed E-state index contributed by atoms with van der Waals surface area (Å²) >= 11 is 0. The van der Waals surface area contributed by atoms with Crippen LogP contribution in [-0.4, -0.2) is 19.6 Å². The maximum atomic E-state index is 10.7. The van der Waals surface area contributed by atoms with Crippen LogP contribution in [-0.2, 0) is 9.53 Å². The zero-order valence-electron chi connectivity index (χ0n) is 7.85. The third-order valence-electron chi connectivity index (χ3n) is 1.54. The monoisotopic (exact) mass is 171 g/mol. The molecule has 12 heavy (non-hydrogen) atoms. The number of carbonyl (C=O) groups excluding carboxylic acids is 1. The highest BCUT2D eigenvalue weighted by atomic mass is 16.5. The Morgan fingerprint density at radius 1 is 1.58 bits per heavy atom. The molecule has 0 aromatic rings. The molecule has 1 N–H and O–H groups in total. The van der Waals surface area contributed by atoms with Gasteiger partial charge in [0.15, 0.2) is 0 Å². The largest absolute Gasteiger partial charge is 0.468 e. The van der Waals surface area contributed by atoms with Crippen LogP contribution in [0.15, 0.2) is 12.3 Å². The molecule has 0 bridgehead atoms. The minimum atomic E-state index is -0.257. The summed E-state index contributed by atoms with van der Waals surface area (Å²) in [5.74, 6) is -0.257. The van der Waals surface area contributed by atoms with Crippen molar-refractivity contribution in [1.82, 2.24) is 5.32 Å². The smallest absolute Gasteiger partial charge is 0.325 e. The van der Waals surface area contributed by atoms with Gasteiger partial charge >= 0.3 is 5.97 Å². The molecule has 0 radical (unpaired) electrons. The number of hydrogen-bond acceptors (Lipinski definition) is 3. The zero-order chi connectivity index (χ0) is 9.40. The zero-order valence-corrected chi connectivity index (χ0v) is 7.85. The second kappa shape index (κ2) is 6.70. The van der Waals surface area contributed by atoms with E-state index in [0.717, 1.165) is 25.0 Å². The van der Waals surface area contributed by atoms with Crippen molar-refractivity contribution in [2.45, 2.75) is 26.2 Å². The van der Waals surface area contributed by atoms with Crippen LogP contribution in [0, 0.1) is 0 Å². The summed E-state index contributed by atoms with van der Waals surface area (Å²) in [6.45, 7) is 6.12. The first-order valence-electron chi connectivity index (χ1n) is 4.19. The summed E-state index contributed by atoms with van der Waals surface area (Å²) in [7, 11) is 1.37. The fraction of sp³-hybridized carbons (Fsp3) is 0.667.